The summed E-state index contributed by atoms with van der Waals surface area (Å²) in [6, 6.07) is 4.07. The van der Waals surface area contributed by atoms with E-state index in [1.54, 1.807) is 0 Å². The summed E-state index contributed by atoms with van der Waals surface area (Å²) < 4.78 is 11.2. The number of nitrogens with one attached hydrogen (secondary N) is 1. The molecule has 0 radical (unpaired) electrons. The molecule has 1 N–H and O–H groups in total. The Labute approximate surface area is 106 Å². The van der Waals surface area contributed by atoms with Crippen molar-refractivity contribution in [2.75, 3.05) is 23.4 Å². The zero-order chi connectivity index (χ0) is 12.9. The average Bonchev–Trinajstić information content (AvgIpc) is 2.28. The van der Waals surface area contributed by atoms with Gasteiger partial charge >= 0.3 is 0 Å². The lowest BCUT2D eigenvalue weighted by Crippen LogP contribution is -2.14. The molecule has 4 heteroatoms. The molecule has 0 aliphatic heterocycles. The molecule has 0 saturated carbocycles. The largest absolute Gasteiger partial charge is 0.369 e. The molecule has 1 heterocycles. The number of hydrogen-bond donors (Lipinski definition) is 1. The second kappa shape index (κ2) is 6.15. The second-order valence-electron chi connectivity index (χ2n) is 5.04. The average molecular weight is 254 g/mol. The number of rotatable bonds is 5. The van der Waals surface area contributed by atoms with Gasteiger partial charge in [0, 0.05) is 35.0 Å². The van der Waals surface area contributed by atoms with E-state index in [9.17, 15) is 4.21 Å². The maximum Gasteiger partial charge on any atom is 0.125 e. The van der Waals surface area contributed by atoms with Gasteiger partial charge in [-0.3, -0.25) is 4.21 Å². The Morgan fingerprint density at radius 1 is 1.35 bits per heavy atom. The predicted octanol–water partition coefficient (Wildman–Crippen LogP) is 2.56. The molecule has 0 aliphatic rings. The van der Waals surface area contributed by atoms with Gasteiger partial charge in [0.05, 0.1) is 0 Å². The zero-order valence-corrected chi connectivity index (χ0v) is 11.9. The van der Waals surface area contributed by atoms with Crippen LogP contribution in [-0.4, -0.2) is 27.2 Å². The predicted molar refractivity (Wildman–Crippen MR) is 75.0 cm³/mol. The molecule has 0 fully saturated rings. The molecule has 0 aromatic carbocycles. The monoisotopic (exact) mass is 254 g/mol. The molecule has 1 rings (SSSR count). The van der Waals surface area contributed by atoms with Crippen LogP contribution in [0, 0.1) is 0 Å². The van der Waals surface area contributed by atoms with Crippen LogP contribution in [0.15, 0.2) is 18.3 Å². The Bertz CT molecular complexity index is 368. The molecular formula is C13H22N2OS. The van der Waals surface area contributed by atoms with E-state index in [0.29, 0.717) is 12.3 Å². The molecule has 1 aromatic heterocycles. The van der Waals surface area contributed by atoms with E-state index in [1.807, 2.05) is 19.2 Å². The Balaban J connectivity index is 2.49. The second-order valence-corrected chi connectivity index (χ2v) is 6.91. The standard InChI is InChI=1S/C13H22N2OS/c1-5-17(16)9-8-14-12-7-6-11(10-15-12)13(2,3)4/h6-7,10H,5,8-9H2,1-4H3,(H,14,15). The summed E-state index contributed by atoms with van der Waals surface area (Å²) in [6.07, 6.45) is 1.90. The van der Waals surface area contributed by atoms with Gasteiger partial charge in [0.15, 0.2) is 0 Å². The van der Waals surface area contributed by atoms with E-state index in [-0.39, 0.29) is 5.41 Å². The number of hydrogen-bond acceptors (Lipinski definition) is 3. The van der Waals surface area contributed by atoms with Crippen LogP contribution in [0.2, 0.25) is 0 Å². The Hall–Kier alpha value is -0.900. The van der Waals surface area contributed by atoms with Gasteiger partial charge in [-0.2, -0.15) is 0 Å². The first-order valence-corrected chi connectivity index (χ1v) is 7.47. The molecule has 0 bridgehead atoms. The Kier molecular flexibility index (Phi) is 5.12. The topological polar surface area (TPSA) is 42.0 Å². The summed E-state index contributed by atoms with van der Waals surface area (Å²) in [5.41, 5.74) is 1.36. The highest BCUT2D eigenvalue weighted by molar-refractivity contribution is 7.84. The number of anilines is 1. The first-order chi connectivity index (χ1) is 7.93. The van der Waals surface area contributed by atoms with E-state index in [1.165, 1.54) is 5.56 Å². The van der Waals surface area contributed by atoms with Crippen LogP contribution in [0.1, 0.15) is 33.3 Å². The third kappa shape index (κ3) is 4.86. The summed E-state index contributed by atoms with van der Waals surface area (Å²) >= 11 is 0. The maximum atomic E-state index is 11.2. The molecule has 1 unspecified atom stereocenters. The van der Waals surface area contributed by atoms with Crippen molar-refractivity contribution in [1.29, 1.82) is 0 Å². The van der Waals surface area contributed by atoms with Gasteiger partial charge in [-0.05, 0) is 17.0 Å². The highest BCUT2D eigenvalue weighted by Crippen LogP contribution is 2.21. The SMILES string of the molecule is CCS(=O)CCNc1ccc(C(C)(C)C)cn1. The third-order valence-corrected chi connectivity index (χ3v) is 3.89. The van der Waals surface area contributed by atoms with E-state index >= 15 is 0 Å². The van der Waals surface area contributed by atoms with Crippen LogP contribution in [0.3, 0.4) is 0 Å². The first-order valence-electron chi connectivity index (χ1n) is 5.99. The lowest BCUT2D eigenvalue weighted by molar-refractivity contribution is 0.587. The fourth-order valence-electron chi connectivity index (χ4n) is 1.38. The van der Waals surface area contributed by atoms with Gasteiger partial charge in [-0.25, -0.2) is 4.98 Å². The van der Waals surface area contributed by atoms with Gasteiger partial charge in [-0.1, -0.05) is 33.8 Å². The molecular weight excluding hydrogens is 232 g/mol. The maximum absolute atomic E-state index is 11.2. The fourth-order valence-corrected chi connectivity index (χ4v) is 2.00. The lowest BCUT2D eigenvalue weighted by Gasteiger charge is -2.18. The van der Waals surface area contributed by atoms with Crippen molar-refractivity contribution in [2.45, 2.75) is 33.1 Å². The molecule has 96 valence electrons. The molecule has 0 amide bonds. The summed E-state index contributed by atoms with van der Waals surface area (Å²) in [5, 5.41) is 3.18. The van der Waals surface area contributed by atoms with Crippen molar-refractivity contribution in [3.63, 3.8) is 0 Å². The summed E-state index contributed by atoms with van der Waals surface area (Å²) in [6.45, 7) is 9.15. The minimum Gasteiger partial charge on any atom is -0.369 e. The van der Waals surface area contributed by atoms with Crippen molar-refractivity contribution in [2.24, 2.45) is 0 Å². The number of aromatic nitrogens is 1. The van der Waals surface area contributed by atoms with Gasteiger partial charge in [0.2, 0.25) is 0 Å². The van der Waals surface area contributed by atoms with Crippen LogP contribution in [0.4, 0.5) is 5.82 Å². The fraction of sp³-hybridized carbons (Fsp3) is 0.615. The van der Waals surface area contributed by atoms with Crippen LogP contribution in [0.25, 0.3) is 0 Å². The summed E-state index contributed by atoms with van der Waals surface area (Å²) in [7, 11) is -0.709. The summed E-state index contributed by atoms with van der Waals surface area (Å²) in [5.74, 6) is 2.25. The highest BCUT2D eigenvalue weighted by atomic mass is 32.2. The van der Waals surface area contributed by atoms with Crippen molar-refractivity contribution < 1.29 is 4.21 Å². The molecule has 1 aromatic rings. The Morgan fingerprint density at radius 3 is 2.53 bits per heavy atom. The van der Waals surface area contributed by atoms with Crippen molar-refractivity contribution in [3.8, 4) is 0 Å². The molecule has 3 nitrogen and oxygen atoms in total. The normalized spacial score (nSPS) is 13.4. The smallest absolute Gasteiger partial charge is 0.125 e. The quantitative estimate of drug-likeness (QED) is 0.878. The van der Waals surface area contributed by atoms with E-state index in [4.69, 9.17) is 0 Å². The minimum absolute atomic E-state index is 0.134. The van der Waals surface area contributed by atoms with Crippen LogP contribution in [-0.2, 0) is 16.2 Å². The van der Waals surface area contributed by atoms with Crippen molar-refractivity contribution >= 4 is 16.6 Å². The first kappa shape index (κ1) is 14.2. The van der Waals surface area contributed by atoms with Crippen molar-refractivity contribution in [1.82, 2.24) is 4.98 Å². The molecule has 1 atom stereocenters. The van der Waals surface area contributed by atoms with Gasteiger partial charge in [0.25, 0.3) is 0 Å². The van der Waals surface area contributed by atoms with Crippen LogP contribution >= 0.6 is 0 Å². The number of nitrogens with zero attached hydrogens (tertiary/aromatic N) is 1. The lowest BCUT2D eigenvalue weighted by atomic mass is 9.88. The Morgan fingerprint density at radius 2 is 2.06 bits per heavy atom. The summed E-state index contributed by atoms with van der Waals surface area (Å²) in [4.78, 5) is 4.36. The minimum atomic E-state index is -0.709. The zero-order valence-electron chi connectivity index (χ0n) is 11.1. The van der Waals surface area contributed by atoms with E-state index < -0.39 is 10.8 Å². The van der Waals surface area contributed by atoms with Gasteiger partial charge < -0.3 is 5.32 Å². The molecule has 17 heavy (non-hydrogen) atoms. The molecule has 0 saturated heterocycles. The van der Waals surface area contributed by atoms with Gasteiger partial charge in [-0.15, -0.1) is 0 Å². The molecule has 0 aliphatic carbocycles. The van der Waals surface area contributed by atoms with Crippen LogP contribution in [0.5, 0.6) is 0 Å². The van der Waals surface area contributed by atoms with Gasteiger partial charge in [0.1, 0.15) is 5.82 Å². The van der Waals surface area contributed by atoms with Crippen molar-refractivity contribution in [3.05, 3.63) is 23.9 Å². The van der Waals surface area contributed by atoms with E-state index in [2.05, 4.69) is 37.1 Å². The third-order valence-electron chi connectivity index (χ3n) is 2.59. The van der Waals surface area contributed by atoms with Crippen LogP contribution < -0.4 is 5.32 Å². The number of pyridine rings is 1. The molecule has 0 spiro atoms. The highest BCUT2D eigenvalue weighted by Gasteiger charge is 2.13. The van der Waals surface area contributed by atoms with E-state index in [0.717, 1.165) is 11.6 Å².